The number of carbonyl (C=O) groups is 1. The van der Waals surface area contributed by atoms with Crippen LogP contribution in [0.1, 0.15) is 11.1 Å². The molecule has 2 rings (SSSR count). The van der Waals surface area contributed by atoms with Crippen LogP contribution in [0.5, 0.6) is 17.2 Å². The highest BCUT2D eigenvalue weighted by atomic mass is 32.2. The van der Waals surface area contributed by atoms with Gasteiger partial charge in [0, 0.05) is 24.2 Å². The van der Waals surface area contributed by atoms with Gasteiger partial charge in [0.15, 0.2) is 11.5 Å². The average molecular weight is 468 g/mol. The molecular weight excluding hydrogens is 442 g/mol. The Morgan fingerprint density at radius 2 is 1.75 bits per heavy atom. The van der Waals surface area contributed by atoms with Gasteiger partial charge in [-0.1, -0.05) is 6.07 Å². The Kier molecular flexibility index (Phi) is 7.87. The van der Waals surface area contributed by atoms with Crippen LogP contribution in [0.4, 0.5) is 11.4 Å². The summed E-state index contributed by atoms with van der Waals surface area (Å²) in [6.45, 7) is 1.06. The second kappa shape index (κ2) is 10.2. The molecule has 0 unspecified atom stereocenters. The molecule has 0 aromatic heterocycles. The van der Waals surface area contributed by atoms with Crippen LogP contribution >= 0.6 is 0 Å². The Hall–Kier alpha value is -3.54. The topological polar surface area (TPSA) is 137 Å². The number of hydrogen-bond donors (Lipinski definition) is 1. The molecule has 1 N–H and O–H groups in total. The SMILES string of the molecule is COc1ccc(CNC(=O)CN(c2cc([N+](=O)[O-])ccc2C)S(C)(=O)=O)c(OC)c1OC. The number of non-ortho nitro benzene ring substituents is 1. The van der Waals surface area contributed by atoms with Gasteiger partial charge in [-0.15, -0.1) is 0 Å². The molecular formula is C20H25N3O8S. The molecule has 2 aromatic carbocycles. The van der Waals surface area contributed by atoms with Gasteiger partial charge in [-0.05, 0) is 24.6 Å². The second-order valence-corrected chi connectivity index (χ2v) is 8.67. The fourth-order valence-corrected chi connectivity index (χ4v) is 3.95. The third-order valence-corrected chi connectivity index (χ3v) is 5.75. The molecule has 0 heterocycles. The molecule has 0 spiro atoms. The zero-order valence-corrected chi connectivity index (χ0v) is 19.2. The lowest BCUT2D eigenvalue weighted by Crippen LogP contribution is -2.40. The number of nitro groups is 1. The molecule has 12 heteroatoms. The first-order valence-corrected chi connectivity index (χ1v) is 11.2. The number of sulfonamides is 1. The molecule has 0 radical (unpaired) electrons. The molecule has 32 heavy (non-hydrogen) atoms. The Morgan fingerprint density at radius 3 is 2.28 bits per heavy atom. The fraction of sp³-hybridized carbons (Fsp3) is 0.350. The summed E-state index contributed by atoms with van der Waals surface area (Å²) < 4.78 is 41.4. The van der Waals surface area contributed by atoms with E-state index in [-0.39, 0.29) is 17.9 Å². The number of nitrogens with zero attached hydrogens (tertiary/aromatic N) is 2. The average Bonchev–Trinajstić information content (AvgIpc) is 2.74. The minimum Gasteiger partial charge on any atom is -0.493 e. The number of rotatable bonds is 10. The molecule has 0 aliphatic carbocycles. The van der Waals surface area contributed by atoms with Crippen molar-refractivity contribution in [2.24, 2.45) is 0 Å². The van der Waals surface area contributed by atoms with Crippen molar-refractivity contribution in [2.75, 3.05) is 38.4 Å². The van der Waals surface area contributed by atoms with Gasteiger partial charge in [0.25, 0.3) is 5.69 Å². The lowest BCUT2D eigenvalue weighted by molar-refractivity contribution is -0.384. The minimum absolute atomic E-state index is 0.0217. The smallest absolute Gasteiger partial charge is 0.271 e. The number of methoxy groups -OCH3 is 3. The number of carbonyl (C=O) groups excluding carboxylic acids is 1. The van der Waals surface area contributed by atoms with Crippen LogP contribution in [0, 0.1) is 17.0 Å². The standard InChI is InChI=1S/C20H25N3O8S/c1-13-6-8-15(23(25)26)10-16(13)22(32(5,27)28)12-18(24)21-11-14-7-9-17(29-2)20(31-4)19(14)30-3/h6-10H,11-12H2,1-5H3,(H,21,24). The van der Waals surface area contributed by atoms with Crippen molar-refractivity contribution >= 4 is 27.3 Å². The maximum absolute atomic E-state index is 12.6. The van der Waals surface area contributed by atoms with Crippen LogP contribution in [-0.4, -0.2) is 53.4 Å². The molecule has 0 saturated carbocycles. The van der Waals surface area contributed by atoms with Crippen molar-refractivity contribution in [3.8, 4) is 17.2 Å². The molecule has 2 aromatic rings. The van der Waals surface area contributed by atoms with E-state index in [2.05, 4.69) is 5.32 Å². The van der Waals surface area contributed by atoms with Crippen LogP contribution in [0.25, 0.3) is 0 Å². The molecule has 1 amide bonds. The summed E-state index contributed by atoms with van der Waals surface area (Å²) >= 11 is 0. The van der Waals surface area contributed by atoms with E-state index in [1.165, 1.54) is 33.5 Å². The monoisotopic (exact) mass is 467 g/mol. The van der Waals surface area contributed by atoms with Gasteiger partial charge in [-0.25, -0.2) is 8.42 Å². The van der Waals surface area contributed by atoms with E-state index in [1.54, 1.807) is 19.1 Å². The van der Waals surface area contributed by atoms with E-state index >= 15 is 0 Å². The zero-order valence-electron chi connectivity index (χ0n) is 18.4. The Balaban J connectivity index is 2.27. The molecule has 0 fully saturated rings. The normalized spacial score (nSPS) is 10.9. The van der Waals surface area contributed by atoms with Gasteiger partial charge in [-0.2, -0.15) is 0 Å². The molecule has 0 aliphatic heterocycles. The van der Waals surface area contributed by atoms with E-state index in [4.69, 9.17) is 14.2 Å². The van der Waals surface area contributed by atoms with Crippen molar-refractivity contribution in [3.05, 3.63) is 51.6 Å². The summed E-state index contributed by atoms with van der Waals surface area (Å²) in [6.07, 6.45) is 0.927. The first kappa shape index (κ1) is 24.7. The van der Waals surface area contributed by atoms with Gasteiger partial charge in [-0.3, -0.25) is 19.2 Å². The van der Waals surface area contributed by atoms with Gasteiger partial charge >= 0.3 is 0 Å². The van der Waals surface area contributed by atoms with E-state index in [0.29, 0.717) is 28.4 Å². The van der Waals surface area contributed by atoms with Gasteiger partial charge in [0.05, 0.1) is 38.2 Å². The van der Waals surface area contributed by atoms with Gasteiger partial charge < -0.3 is 19.5 Å². The Bertz CT molecular complexity index is 1120. The maximum atomic E-state index is 12.6. The highest BCUT2D eigenvalue weighted by Gasteiger charge is 2.25. The van der Waals surface area contributed by atoms with Gasteiger partial charge in [0.2, 0.25) is 21.7 Å². The lowest BCUT2D eigenvalue weighted by atomic mass is 10.1. The number of nitrogens with one attached hydrogen (secondary N) is 1. The largest absolute Gasteiger partial charge is 0.493 e. The summed E-state index contributed by atoms with van der Waals surface area (Å²) in [5.74, 6) is 0.551. The van der Waals surface area contributed by atoms with Crippen molar-refractivity contribution < 1.29 is 32.3 Å². The van der Waals surface area contributed by atoms with Crippen LogP contribution in [0.2, 0.25) is 0 Å². The number of hydrogen-bond acceptors (Lipinski definition) is 8. The summed E-state index contributed by atoms with van der Waals surface area (Å²) in [4.78, 5) is 23.1. The zero-order chi connectivity index (χ0) is 24.1. The number of benzene rings is 2. The quantitative estimate of drug-likeness (QED) is 0.414. The van der Waals surface area contributed by atoms with Crippen LogP contribution < -0.4 is 23.8 Å². The molecule has 0 saturated heterocycles. The number of amides is 1. The fourth-order valence-electron chi connectivity index (χ4n) is 3.04. The van der Waals surface area contributed by atoms with E-state index in [0.717, 1.165) is 16.6 Å². The highest BCUT2D eigenvalue weighted by Crippen LogP contribution is 2.39. The van der Waals surface area contributed by atoms with Crippen molar-refractivity contribution in [3.63, 3.8) is 0 Å². The van der Waals surface area contributed by atoms with Crippen LogP contribution in [-0.2, 0) is 21.4 Å². The van der Waals surface area contributed by atoms with Crippen molar-refractivity contribution in [2.45, 2.75) is 13.5 Å². The summed E-state index contributed by atoms with van der Waals surface area (Å²) in [7, 11) is 0.472. The predicted octanol–water partition coefficient (Wildman–Crippen LogP) is 2.01. The van der Waals surface area contributed by atoms with Crippen LogP contribution in [0.15, 0.2) is 30.3 Å². The number of aryl methyl sites for hydroxylation is 1. The maximum Gasteiger partial charge on any atom is 0.271 e. The molecule has 0 atom stereocenters. The predicted molar refractivity (Wildman–Crippen MR) is 118 cm³/mol. The summed E-state index contributed by atoms with van der Waals surface area (Å²) in [5, 5.41) is 13.7. The van der Waals surface area contributed by atoms with E-state index < -0.39 is 27.4 Å². The number of ether oxygens (including phenoxy) is 3. The van der Waals surface area contributed by atoms with E-state index in [1.807, 2.05) is 0 Å². The second-order valence-electron chi connectivity index (χ2n) is 6.77. The molecule has 11 nitrogen and oxygen atoms in total. The third-order valence-electron chi connectivity index (χ3n) is 4.62. The first-order chi connectivity index (χ1) is 15.0. The van der Waals surface area contributed by atoms with Gasteiger partial charge in [0.1, 0.15) is 6.54 Å². The molecule has 0 bridgehead atoms. The molecule has 174 valence electrons. The lowest BCUT2D eigenvalue weighted by Gasteiger charge is -2.23. The minimum atomic E-state index is -3.90. The Labute approximate surface area is 186 Å². The highest BCUT2D eigenvalue weighted by molar-refractivity contribution is 7.92. The van der Waals surface area contributed by atoms with Crippen LogP contribution in [0.3, 0.4) is 0 Å². The van der Waals surface area contributed by atoms with E-state index in [9.17, 15) is 23.3 Å². The summed E-state index contributed by atoms with van der Waals surface area (Å²) in [5.41, 5.74) is 0.821. The Morgan fingerprint density at radius 1 is 1.09 bits per heavy atom. The van der Waals surface area contributed by atoms with Crippen molar-refractivity contribution in [1.82, 2.24) is 5.32 Å². The summed E-state index contributed by atoms with van der Waals surface area (Å²) in [6, 6.07) is 7.15. The first-order valence-electron chi connectivity index (χ1n) is 9.30. The molecule has 0 aliphatic rings. The number of anilines is 1. The third kappa shape index (κ3) is 5.58. The number of nitro benzene ring substituents is 1. The van der Waals surface area contributed by atoms with Crippen molar-refractivity contribution in [1.29, 1.82) is 0 Å².